The van der Waals surface area contributed by atoms with Gasteiger partial charge in [-0.1, -0.05) is 0 Å². The Bertz CT molecular complexity index is 371. The molecule has 1 aliphatic heterocycles. The summed E-state index contributed by atoms with van der Waals surface area (Å²) in [5.41, 5.74) is 0.703. The number of carbonyl (C=O) groups is 1. The molecule has 0 radical (unpaired) electrons. The minimum Gasteiger partial charge on any atom is -0.480 e. The highest BCUT2D eigenvalue weighted by Gasteiger charge is 2.30. The van der Waals surface area contributed by atoms with Gasteiger partial charge >= 0.3 is 5.97 Å². The van der Waals surface area contributed by atoms with E-state index < -0.39 is 12.0 Å². The normalized spacial score (nSPS) is 19.6. The summed E-state index contributed by atoms with van der Waals surface area (Å²) in [4.78, 5) is 17.2. The fourth-order valence-electron chi connectivity index (χ4n) is 1.94. The first-order valence-electron chi connectivity index (χ1n) is 5.21. The molecule has 0 bridgehead atoms. The molecule has 88 valence electrons. The minimum absolute atomic E-state index is 0.585. The van der Waals surface area contributed by atoms with E-state index in [1.807, 2.05) is 4.90 Å². The van der Waals surface area contributed by atoms with E-state index in [2.05, 4.69) is 4.98 Å². The van der Waals surface area contributed by atoms with Crippen LogP contribution in [0.3, 0.4) is 0 Å². The Kier molecular flexibility index (Phi) is 3.21. The summed E-state index contributed by atoms with van der Waals surface area (Å²) in [5.74, 6) is -0.842. The Morgan fingerprint density at radius 2 is 2.25 bits per heavy atom. The Balaban J connectivity index is 2.23. The van der Waals surface area contributed by atoms with Gasteiger partial charge in [-0.3, -0.25) is 9.69 Å². The third-order valence-electron chi connectivity index (χ3n) is 2.78. The Morgan fingerprint density at radius 3 is 2.75 bits per heavy atom. The maximum atomic E-state index is 11.3. The van der Waals surface area contributed by atoms with Gasteiger partial charge in [0.05, 0.1) is 31.4 Å². The Hall–Kier alpha value is -1.40. The number of imidazole rings is 1. The number of ether oxygens (including phenoxy) is 1. The third kappa shape index (κ3) is 2.07. The lowest BCUT2D eigenvalue weighted by molar-refractivity contribution is -0.145. The van der Waals surface area contributed by atoms with Gasteiger partial charge in [-0.05, 0) is 0 Å². The van der Waals surface area contributed by atoms with E-state index in [-0.39, 0.29) is 0 Å². The van der Waals surface area contributed by atoms with Gasteiger partial charge in [-0.15, -0.1) is 0 Å². The van der Waals surface area contributed by atoms with E-state index in [9.17, 15) is 9.90 Å². The van der Waals surface area contributed by atoms with Crippen molar-refractivity contribution >= 4 is 5.97 Å². The van der Waals surface area contributed by atoms with E-state index in [1.54, 1.807) is 24.1 Å². The van der Waals surface area contributed by atoms with E-state index in [0.29, 0.717) is 32.0 Å². The van der Waals surface area contributed by atoms with Gasteiger partial charge in [0.25, 0.3) is 0 Å². The highest BCUT2D eigenvalue weighted by atomic mass is 16.5. The third-order valence-corrected chi connectivity index (χ3v) is 2.78. The van der Waals surface area contributed by atoms with Crippen LogP contribution in [-0.4, -0.2) is 51.8 Å². The van der Waals surface area contributed by atoms with Crippen LogP contribution in [0.4, 0.5) is 0 Å². The number of carboxylic acids is 1. The zero-order valence-corrected chi connectivity index (χ0v) is 9.17. The molecule has 1 saturated heterocycles. The molecule has 0 spiro atoms. The van der Waals surface area contributed by atoms with Crippen molar-refractivity contribution in [3.63, 3.8) is 0 Å². The zero-order valence-electron chi connectivity index (χ0n) is 9.17. The predicted molar refractivity (Wildman–Crippen MR) is 56.0 cm³/mol. The molecule has 2 rings (SSSR count). The lowest BCUT2D eigenvalue weighted by atomic mass is 10.1. The molecule has 0 aromatic carbocycles. The number of rotatable bonds is 3. The van der Waals surface area contributed by atoms with Crippen molar-refractivity contribution in [1.29, 1.82) is 0 Å². The first-order valence-corrected chi connectivity index (χ1v) is 5.21. The summed E-state index contributed by atoms with van der Waals surface area (Å²) in [6.07, 6.45) is 3.22. The van der Waals surface area contributed by atoms with Gasteiger partial charge in [0.1, 0.15) is 0 Å². The van der Waals surface area contributed by atoms with E-state index in [0.717, 1.165) is 0 Å². The van der Waals surface area contributed by atoms with Gasteiger partial charge in [0.15, 0.2) is 6.04 Å². The number of hydrogen-bond donors (Lipinski definition) is 1. The van der Waals surface area contributed by atoms with Crippen molar-refractivity contribution in [1.82, 2.24) is 14.5 Å². The molecule has 1 aromatic heterocycles. The number of aryl methyl sites for hydroxylation is 1. The largest absolute Gasteiger partial charge is 0.480 e. The maximum Gasteiger partial charge on any atom is 0.327 e. The van der Waals surface area contributed by atoms with Gasteiger partial charge in [0.2, 0.25) is 0 Å². The molecule has 1 N–H and O–H groups in total. The van der Waals surface area contributed by atoms with Crippen molar-refractivity contribution in [2.75, 3.05) is 26.3 Å². The second kappa shape index (κ2) is 4.63. The number of hydrogen-bond acceptors (Lipinski definition) is 4. The molecule has 6 heteroatoms. The molecule has 2 heterocycles. The molecule has 16 heavy (non-hydrogen) atoms. The minimum atomic E-state index is -0.842. The fraction of sp³-hybridized carbons (Fsp3) is 0.600. The number of carboxylic acid groups (broad SMARTS) is 1. The second-order valence-corrected chi connectivity index (χ2v) is 3.82. The van der Waals surface area contributed by atoms with Gasteiger partial charge in [0, 0.05) is 20.1 Å². The number of morpholine rings is 1. The van der Waals surface area contributed by atoms with Gasteiger partial charge in [-0.2, -0.15) is 0 Å². The first-order chi connectivity index (χ1) is 7.70. The van der Waals surface area contributed by atoms with Crippen LogP contribution in [0, 0.1) is 0 Å². The summed E-state index contributed by atoms with van der Waals surface area (Å²) in [6, 6.07) is -0.628. The molecule has 0 saturated carbocycles. The van der Waals surface area contributed by atoms with E-state index in [1.165, 1.54) is 0 Å². The fourth-order valence-corrected chi connectivity index (χ4v) is 1.94. The van der Waals surface area contributed by atoms with Crippen LogP contribution in [0.15, 0.2) is 12.5 Å². The van der Waals surface area contributed by atoms with Crippen LogP contribution in [0.5, 0.6) is 0 Å². The highest BCUT2D eigenvalue weighted by Crippen LogP contribution is 2.21. The van der Waals surface area contributed by atoms with Crippen molar-refractivity contribution in [2.24, 2.45) is 7.05 Å². The van der Waals surface area contributed by atoms with Crippen molar-refractivity contribution in [3.8, 4) is 0 Å². The molecule has 1 aromatic rings. The monoisotopic (exact) mass is 225 g/mol. The van der Waals surface area contributed by atoms with Crippen LogP contribution in [0.2, 0.25) is 0 Å². The molecule has 0 aliphatic carbocycles. The Labute approximate surface area is 93.4 Å². The molecule has 1 aliphatic rings. The summed E-state index contributed by atoms with van der Waals surface area (Å²) in [7, 11) is 1.80. The highest BCUT2D eigenvalue weighted by molar-refractivity contribution is 5.74. The molecule has 0 amide bonds. The van der Waals surface area contributed by atoms with Gasteiger partial charge in [-0.25, -0.2) is 4.98 Å². The van der Waals surface area contributed by atoms with E-state index in [4.69, 9.17) is 4.74 Å². The SMILES string of the molecule is Cn1cncc1C(C(=O)O)N1CCOCC1. The molecular weight excluding hydrogens is 210 g/mol. The lowest BCUT2D eigenvalue weighted by Crippen LogP contribution is -2.42. The van der Waals surface area contributed by atoms with Crippen LogP contribution in [-0.2, 0) is 16.6 Å². The topological polar surface area (TPSA) is 67.6 Å². The summed E-state index contributed by atoms with van der Waals surface area (Å²) >= 11 is 0. The zero-order chi connectivity index (χ0) is 11.5. The van der Waals surface area contributed by atoms with Gasteiger partial charge < -0.3 is 14.4 Å². The lowest BCUT2D eigenvalue weighted by Gasteiger charge is -2.31. The molecule has 6 nitrogen and oxygen atoms in total. The number of nitrogens with zero attached hydrogens (tertiary/aromatic N) is 3. The van der Waals surface area contributed by atoms with Crippen LogP contribution < -0.4 is 0 Å². The summed E-state index contributed by atoms with van der Waals surface area (Å²) in [5, 5.41) is 9.30. The summed E-state index contributed by atoms with van der Waals surface area (Å²) < 4.78 is 6.96. The summed E-state index contributed by atoms with van der Waals surface area (Å²) in [6.45, 7) is 2.45. The molecule has 1 unspecified atom stereocenters. The average molecular weight is 225 g/mol. The van der Waals surface area contributed by atoms with Crippen LogP contribution >= 0.6 is 0 Å². The van der Waals surface area contributed by atoms with E-state index >= 15 is 0 Å². The number of aliphatic carboxylic acids is 1. The first kappa shape index (κ1) is 11.1. The predicted octanol–water partition coefficient (Wildman–Crippen LogP) is -0.122. The Morgan fingerprint density at radius 1 is 1.56 bits per heavy atom. The molecular formula is C10H15N3O3. The van der Waals surface area contributed by atoms with Crippen molar-refractivity contribution in [3.05, 3.63) is 18.2 Å². The smallest absolute Gasteiger partial charge is 0.327 e. The quantitative estimate of drug-likeness (QED) is 0.776. The molecule has 1 fully saturated rings. The van der Waals surface area contributed by atoms with Crippen molar-refractivity contribution in [2.45, 2.75) is 6.04 Å². The second-order valence-electron chi connectivity index (χ2n) is 3.82. The standard InChI is InChI=1S/C10H15N3O3/c1-12-7-11-6-8(12)9(10(14)15)13-2-4-16-5-3-13/h6-7,9H,2-5H2,1H3,(H,14,15). The van der Waals surface area contributed by atoms with Crippen LogP contribution in [0.25, 0.3) is 0 Å². The molecule has 1 atom stereocenters. The van der Waals surface area contributed by atoms with Crippen molar-refractivity contribution < 1.29 is 14.6 Å². The average Bonchev–Trinajstić information content (AvgIpc) is 2.66. The maximum absolute atomic E-state index is 11.3. The van der Waals surface area contributed by atoms with Crippen LogP contribution in [0.1, 0.15) is 11.7 Å². The number of aromatic nitrogens is 2.